The summed E-state index contributed by atoms with van der Waals surface area (Å²) in [5.74, 6) is -0.391. The fourth-order valence-electron chi connectivity index (χ4n) is 1.80. The average molecular weight is 276 g/mol. The third-order valence-electron chi connectivity index (χ3n) is 2.62. The first-order valence-corrected chi connectivity index (χ1v) is 6.39. The Morgan fingerprint density at radius 1 is 1.32 bits per heavy atom. The van der Waals surface area contributed by atoms with Crippen LogP contribution in [0.4, 0.5) is 4.39 Å². The molecule has 0 radical (unpaired) electrons. The Morgan fingerprint density at radius 2 is 2.16 bits per heavy atom. The van der Waals surface area contributed by atoms with E-state index >= 15 is 0 Å². The second-order valence-corrected chi connectivity index (χ2v) is 4.62. The van der Waals surface area contributed by atoms with Crippen molar-refractivity contribution in [3.8, 4) is 16.4 Å². The molecule has 0 fully saturated rings. The monoisotopic (exact) mass is 276 g/mol. The van der Waals surface area contributed by atoms with Crippen molar-refractivity contribution >= 4 is 11.3 Å². The van der Waals surface area contributed by atoms with Crippen molar-refractivity contribution in [3.63, 3.8) is 0 Å². The molecule has 3 aromatic rings. The van der Waals surface area contributed by atoms with Gasteiger partial charge in [-0.2, -0.15) is 4.68 Å². The standard InChI is InChI=1S/C12H9FN4OS/c13-9-4-2-1-3-8(9)11-10(7-18)15-16-17(11)12-14-5-6-19-12/h1-6,18H,7H2. The van der Waals surface area contributed by atoms with Gasteiger partial charge >= 0.3 is 0 Å². The summed E-state index contributed by atoms with van der Waals surface area (Å²) in [7, 11) is 0. The number of nitrogens with zero attached hydrogens (tertiary/aromatic N) is 4. The molecule has 0 saturated heterocycles. The summed E-state index contributed by atoms with van der Waals surface area (Å²) in [5.41, 5.74) is 1.09. The van der Waals surface area contributed by atoms with Gasteiger partial charge in [0.05, 0.1) is 6.61 Å². The summed E-state index contributed by atoms with van der Waals surface area (Å²) in [6, 6.07) is 6.31. The van der Waals surface area contributed by atoms with Crippen molar-refractivity contribution in [2.24, 2.45) is 0 Å². The van der Waals surface area contributed by atoms with E-state index in [2.05, 4.69) is 15.3 Å². The Labute approximate surface area is 112 Å². The molecule has 1 aromatic carbocycles. The zero-order chi connectivity index (χ0) is 13.2. The number of thiazole rings is 1. The summed E-state index contributed by atoms with van der Waals surface area (Å²) in [6.45, 7) is -0.310. The van der Waals surface area contributed by atoms with Crippen LogP contribution >= 0.6 is 11.3 Å². The number of rotatable bonds is 3. The first-order valence-electron chi connectivity index (χ1n) is 5.51. The lowest BCUT2D eigenvalue weighted by Crippen LogP contribution is -2.01. The van der Waals surface area contributed by atoms with Gasteiger partial charge < -0.3 is 5.11 Å². The SMILES string of the molecule is OCc1nnn(-c2nccs2)c1-c1ccccc1F. The average Bonchev–Trinajstić information content (AvgIpc) is 3.07. The van der Waals surface area contributed by atoms with Crippen LogP contribution in [0, 0.1) is 5.82 Å². The van der Waals surface area contributed by atoms with Gasteiger partial charge in [-0.3, -0.25) is 0 Å². The minimum atomic E-state index is -0.391. The minimum Gasteiger partial charge on any atom is -0.390 e. The second kappa shape index (κ2) is 4.87. The molecule has 0 atom stereocenters. The quantitative estimate of drug-likeness (QED) is 0.795. The Morgan fingerprint density at radius 3 is 2.84 bits per heavy atom. The summed E-state index contributed by atoms with van der Waals surface area (Å²) < 4.78 is 15.4. The van der Waals surface area contributed by atoms with Crippen molar-refractivity contribution in [1.29, 1.82) is 0 Å². The molecule has 5 nitrogen and oxygen atoms in total. The number of hydrogen-bond acceptors (Lipinski definition) is 5. The van der Waals surface area contributed by atoms with Crippen LogP contribution in [0.2, 0.25) is 0 Å². The number of aliphatic hydroxyl groups is 1. The molecule has 96 valence electrons. The van der Waals surface area contributed by atoms with Crippen LogP contribution in [0.25, 0.3) is 16.4 Å². The lowest BCUT2D eigenvalue weighted by molar-refractivity contribution is 0.277. The van der Waals surface area contributed by atoms with Gasteiger partial charge in [0.15, 0.2) is 0 Å². The molecule has 7 heteroatoms. The molecule has 2 heterocycles. The highest BCUT2D eigenvalue weighted by atomic mass is 32.1. The number of aliphatic hydroxyl groups excluding tert-OH is 1. The molecule has 3 rings (SSSR count). The van der Waals surface area contributed by atoms with Crippen molar-refractivity contribution in [2.75, 3.05) is 0 Å². The van der Waals surface area contributed by atoms with E-state index in [4.69, 9.17) is 0 Å². The van der Waals surface area contributed by atoms with E-state index in [-0.39, 0.29) is 6.61 Å². The molecule has 0 unspecified atom stereocenters. The Hall–Kier alpha value is -2.12. The van der Waals surface area contributed by atoms with Crippen molar-refractivity contribution in [2.45, 2.75) is 6.61 Å². The summed E-state index contributed by atoms with van der Waals surface area (Å²) >= 11 is 1.36. The van der Waals surface area contributed by atoms with E-state index in [1.54, 1.807) is 29.8 Å². The summed E-state index contributed by atoms with van der Waals surface area (Å²) in [4.78, 5) is 4.12. The van der Waals surface area contributed by atoms with Gasteiger partial charge in [0.25, 0.3) is 0 Å². The highest BCUT2D eigenvalue weighted by Gasteiger charge is 2.19. The van der Waals surface area contributed by atoms with Crippen molar-refractivity contribution in [1.82, 2.24) is 20.0 Å². The minimum absolute atomic E-state index is 0.310. The maximum atomic E-state index is 13.9. The van der Waals surface area contributed by atoms with Gasteiger partial charge in [-0.15, -0.1) is 16.4 Å². The maximum absolute atomic E-state index is 13.9. The van der Waals surface area contributed by atoms with Crippen LogP contribution in [0.1, 0.15) is 5.69 Å². The Kier molecular flexibility index (Phi) is 3.06. The third kappa shape index (κ3) is 2.02. The van der Waals surface area contributed by atoms with Gasteiger partial charge in [0, 0.05) is 17.1 Å². The molecule has 2 aromatic heterocycles. The largest absolute Gasteiger partial charge is 0.390 e. The van der Waals surface area contributed by atoms with Crippen molar-refractivity contribution < 1.29 is 9.50 Å². The normalized spacial score (nSPS) is 10.8. The van der Waals surface area contributed by atoms with Gasteiger partial charge in [-0.1, -0.05) is 17.3 Å². The van der Waals surface area contributed by atoms with Gasteiger partial charge in [0.1, 0.15) is 17.2 Å². The van der Waals surface area contributed by atoms with Crippen LogP contribution in [-0.2, 0) is 6.61 Å². The molecular weight excluding hydrogens is 267 g/mol. The molecule has 0 aliphatic heterocycles. The second-order valence-electron chi connectivity index (χ2n) is 3.75. The van der Waals surface area contributed by atoms with E-state index < -0.39 is 5.82 Å². The lowest BCUT2D eigenvalue weighted by Gasteiger charge is -2.05. The molecular formula is C12H9FN4OS. The predicted molar refractivity (Wildman–Crippen MR) is 68.3 cm³/mol. The molecule has 0 bridgehead atoms. The number of halogens is 1. The van der Waals surface area contributed by atoms with Crippen LogP contribution in [0.3, 0.4) is 0 Å². The van der Waals surface area contributed by atoms with Crippen LogP contribution in [0.5, 0.6) is 0 Å². The number of hydrogen-bond donors (Lipinski definition) is 1. The van der Waals surface area contributed by atoms with Gasteiger partial charge in [-0.05, 0) is 12.1 Å². The Bertz CT molecular complexity index is 696. The van der Waals surface area contributed by atoms with E-state index in [0.29, 0.717) is 22.1 Å². The first-order chi connectivity index (χ1) is 9.31. The zero-order valence-corrected chi connectivity index (χ0v) is 10.5. The zero-order valence-electron chi connectivity index (χ0n) is 9.69. The summed E-state index contributed by atoms with van der Waals surface area (Å²) in [5, 5.41) is 19.5. The molecule has 0 amide bonds. The van der Waals surface area contributed by atoms with E-state index in [9.17, 15) is 9.50 Å². The smallest absolute Gasteiger partial charge is 0.212 e. The number of aromatic nitrogens is 4. The van der Waals surface area contributed by atoms with E-state index in [1.165, 1.54) is 22.1 Å². The molecule has 0 aliphatic rings. The third-order valence-corrected chi connectivity index (χ3v) is 3.37. The molecule has 1 N–H and O–H groups in total. The van der Waals surface area contributed by atoms with E-state index in [0.717, 1.165) is 0 Å². The predicted octanol–water partition coefficient (Wildman–Crippen LogP) is 2.02. The maximum Gasteiger partial charge on any atom is 0.212 e. The molecule has 19 heavy (non-hydrogen) atoms. The topological polar surface area (TPSA) is 63.8 Å². The first kappa shape index (κ1) is 11.9. The molecule has 0 saturated carbocycles. The molecule has 0 spiro atoms. The fourth-order valence-corrected chi connectivity index (χ4v) is 2.39. The van der Waals surface area contributed by atoms with Crippen LogP contribution < -0.4 is 0 Å². The lowest BCUT2D eigenvalue weighted by atomic mass is 10.1. The van der Waals surface area contributed by atoms with Gasteiger partial charge in [0.2, 0.25) is 5.13 Å². The molecule has 0 aliphatic carbocycles. The summed E-state index contributed by atoms with van der Waals surface area (Å²) in [6.07, 6.45) is 1.63. The van der Waals surface area contributed by atoms with Crippen LogP contribution in [-0.4, -0.2) is 25.1 Å². The highest BCUT2D eigenvalue weighted by Crippen LogP contribution is 2.28. The highest BCUT2D eigenvalue weighted by molar-refractivity contribution is 7.12. The number of benzene rings is 1. The van der Waals surface area contributed by atoms with E-state index in [1.807, 2.05) is 0 Å². The Balaban J connectivity index is 2.25. The van der Waals surface area contributed by atoms with Gasteiger partial charge in [-0.25, -0.2) is 9.37 Å². The van der Waals surface area contributed by atoms with Crippen molar-refractivity contribution in [3.05, 3.63) is 47.4 Å². The van der Waals surface area contributed by atoms with Crippen LogP contribution in [0.15, 0.2) is 35.8 Å². The fraction of sp³-hybridized carbons (Fsp3) is 0.0833.